The second-order valence-electron chi connectivity index (χ2n) is 5.50. The molecule has 0 radical (unpaired) electrons. The first-order valence-electron chi connectivity index (χ1n) is 7.62. The van der Waals surface area contributed by atoms with Crippen molar-refractivity contribution in [2.45, 2.75) is 39.5 Å². The molecule has 0 atom stereocenters. The molecule has 116 valence electrons. The molecule has 0 aliphatic carbocycles. The molecule has 2 rings (SSSR count). The van der Waals surface area contributed by atoms with Crippen molar-refractivity contribution < 1.29 is 13.6 Å². The number of unbranched alkanes of at least 4 members (excludes halogenated alkanes) is 2. The fourth-order valence-electron chi connectivity index (χ4n) is 2.47. The molecule has 0 saturated carbocycles. The van der Waals surface area contributed by atoms with Crippen LogP contribution in [0, 0.1) is 11.6 Å². The van der Waals surface area contributed by atoms with Gasteiger partial charge in [0.2, 0.25) is 0 Å². The Morgan fingerprint density at radius 2 is 1.64 bits per heavy atom. The van der Waals surface area contributed by atoms with Crippen molar-refractivity contribution in [2.24, 2.45) is 0 Å². The number of aryl methyl sites for hydroxylation is 1. The minimum absolute atomic E-state index is 0.183. The first-order chi connectivity index (χ1) is 10.5. The molecular formula is C19H20F2O. The van der Waals surface area contributed by atoms with Gasteiger partial charge in [-0.1, -0.05) is 50.1 Å². The molecule has 0 heterocycles. The Labute approximate surface area is 130 Å². The van der Waals surface area contributed by atoms with Gasteiger partial charge in [0.15, 0.2) is 17.4 Å². The molecule has 0 aliphatic heterocycles. The van der Waals surface area contributed by atoms with Gasteiger partial charge in [0.25, 0.3) is 0 Å². The number of carbonyl (C=O) groups excluding carboxylic acids is 1. The van der Waals surface area contributed by atoms with E-state index in [2.05, 4.69) is 6.92 Å². The number of halogens is 2. The van der Waals surface area contributed by atoms with Crippen LogP contribution in [0.2, 0.25) is 0 Å². The van der Waals surface area contributed by atoms with Gasteiger partial charge >= 0.3 is 0 Å². The molecule has 0 amide bonds. The first kappa shape index (κ1) is 16.3. The summed E-state index contributed by atoms with van der Waals surface area (Å²) in [5.41, 5.74) is 1.78. The van der Waals surface area contributed by atoms with Crippen LogP contribution in [0.3, 0.4) is 0 Å². The highest BCUT2D eigenvalue weighted by molar-refractivity contribution is 5.94. The summed E-state index contributed by atoms with van der Waals surface area (Å²) in [6.45, 7) is 3.38. The molecule has 0 aromatic heterocycles. The molecule has 0 N–H and O–H groups in total. The summed E-state index contributed by atoms with van der Waals surface area (Å²) in [6.07, 6.45) is 4.49. The van der Waals surface area contributed by atoms with E-state index in [1.807, 2.05) is 12.1 Å². The zero-order valence-electron chi connectivity index (χ0n) is 13.0. The number of hydrogen-bond donors (Lipinski definition) is 0. The number of rotatable bonds is 6. The monoisotopic (exact) mass is 302 g/mol. The SMILES string of the molecule is CCCCCc1ccc(-c2ccc(C(C)=O)c(F)c2F)cc1. The van der Waals surface area contributed by atoms with Gasteiger partial charge in [0.1, 0.15) is 0 Å². The van der Waals surface area contributed by atoms with Crippen molar-refractivity contribution in [3.8, 4) is 11.1 Å². The molecule has 1 nitrogen and oxygen atoms in total. The predicted octanol–water partition coefficient (Wildman–Crippen LogP) is 5.57. The van der Waals surface area contributed by atoms with E-state index in [9.17, 15) is 13.6 Å². The van der Waals surface area contributed by atoms with Crippen molar-refractivity contribution >= 4 is 5.78 Å². The van der Waals surface area contributed by atoms with Crippen molar-refractivity contribution in [3.05, 3.63) is 59.2 Å². The Bertz CT molecular complexity index is 660. The maximum absolute atomic E-state index is 14.1. The molecule has 3 heteroatoms. The molecule has 0 aliphatic rings. The Hall–Kier alpha value is -2.03. The predicted molar refractivity (Wildman–Crippen MR) is 85.0 cm³/mol. The zero-order chi connectivity index (χ0) is 16.1. The average Bonchev–Trinajstić information content (AvgIpc) is 2.51. The van der Waals surface area contributed by atoms with Crippen molar-refractivity contribution in [3.63, 3.8) is 0 Å². The van der Waals surface area contributed by atoms with Crippen LogP contribution < -0.4 is 0 Å². The number of hydrogen-bond acceptors (Lipinski definition) is 1. The van der Waals surface area contributed by atoms with Gasteiger partial charge in [-0.05, 0) is 37.0 Å². The summed E-state index contributed by atoms with van der Waals surface area (Å²) in [7, 11) is 0. The molecule has 22 heavy (non-hydrogen) atoms. The fraction of sp³-hybridized carbons (Fsp3) is 0.316. The number of carbonyl (C=O) groups is 1. The van der Waals surface area contributed by atoms with E-state index in [0.717, 1.165) is 12.8 Å². The summed E-state index contributed by atoms with van der Waals surface area (Å²) in [4.78, 5) is 11.2. The fourth-order valence-corrected chi connectivity index (χ4v) is 2.47. The van der Waals surface area contributed by atoms with E-state index in [1.54, 1.807) is 12.1 Å². The smallest absolute Gasteiger partial charge is 0.170 e. The standard InChI is InChI=1S/C19H20F2O/c1-3-4-5-6-14-7-9-15(10-8-14)17-12-11-16(13(2)22)18(20)19(17)21/h7-12H,3-6H2,1-2H3. The van der Waals surface area contributed by atoms with Crippen LogP contribution in [-0.2, 0) is 6.42 Å². The largest absolute Gasteiger partial charge is 0.294 e. The van der Waals surface area contributed by atoms with Gasteiger partial charge in [-0.3, -0.25) is 4.79 Å². The van der Waals surface area contributed by atoms with Gasteiger partial charge < -0.3 is 0 Å². The third-order valence-electron chi connectivity index (χ3n) is 3.80. The minimum Gasteiger partial charge on any atom is -0.294 e. The summed E-state index contributed by atoms with van der Waals surface area (Å²) in [5, 5.41) is 0. The zero-order valence-corrected chi connectivity index (χ0v) is 13.0. The molecular weight excluding hydrogens is 282 g/mol. The number of benzene rings is 2. The van der Waals surface area contributed by atoms with Crippen LogP contribution in [-0.4, -0.2) is 5.78 Å². The van der Waals surface area contributed by atoms with E-state index >= 15 is 0 Å². The summed E-state index contributed by atoms with van der Waals surface area (Å²) in [6, 6.07) is 10.3. The van der Waals surface area contributed by atoms with E-state index < -0.39 is 17.4 Å². The third-order valence-corrected chi connectivity index (χ3v) is 3.80. The average molecular weight is 302 g/mol. The van der Waals surface area contributed by atoms with E-state index in [1.165, 1.54) is 37.5 Å². The summed E-state index contributed by atoms with van der Waals surface area (Å²) < 4.78 is 28.0. The maximum Gasteiger partial charge on any atom is 0.170 e. The highest BCUT2D eigenvalue weighted by atomic mass is 19.2. The lowest BCUT2D eigenvalue weighted by Gasteiger charge is -2.08. The highest BCUT2D eigenvalue weighted by Gasteiger charge is 2.16. The lowest BCUT2D eigenvalue weighted by Crippen LogP contribution is -2.01. The first-order valence-corrected chi connectivity index (χ1v) is 7.62. The van der Waals surface area contributed by atoms with Crippen LogP contribution in [0.1, 0.15) is 49.0 Å². The van der Waals surface area contributed by atoms with E-state index in [0.29, 0.717) is 5.56 Å². The highest BCUT2D eigenvalue weighted by Crippen LogP contribution is 2.27. The van der Waals surface area contributed by atoms with Gasteiger partial charge in [0, 0.05) is 5.56 Å². The third kappa shape index (κ3) is 3.59. The number of ketones is 1. The molecule has 0 saturated heterocycles. The van der Waals surface area contributed by atoms with Crippen molar-refractivity contribution in [1.29, 1.82) is 0 Å². The normalized spacial score (nSPS) is 10.7. The summed E-state index contributed by atoms with van der Waals surface area (Å²) >= 11 is 0. The lowest BCUT2D eigenvalue weighted by molar-refractivity contribution is 0.101. The maximum atomic E-state index is 14.1. The topological polar surface area (TPSA) is 17.1 Å². The quantitative estimate of drug-likeness (QED) is 0.504. The van der Waals surface area contributed by atoms with Crippen molar-refractivity contribution in [1.82, 2.24) is 0 Å². The van der Waals surface area contributed by atoms with E-state index in [4.69, 9.17) is 0 Å². The van der Waals surface area contributed by atoms with Gasteiger partial charge in [-0.25, -0.2) is 8.78 Å². The number of Topliss-reactive ketones (excluding diaryl/α,β-unsaturated/α-hetero) is 1. The Kier molecular flexibility index (Phi) is 5.42. The van der Waals surface area contributed by atoms with Crippen LogP contribution in [0.5, 0.6) is 0 Å². The lowest BCUT2D eigenvalue weighted by atomic mass is 9.99. The van der Waals surface area contributed by atoms with Gasteiger partial charge in [-0.15, -0.1) is 0 Å². The summed E-state index contributed by atoms with van der Waals surface area (Å²) in [5.74, 6) is -2.52. The Balaban J connectivity index is 2.25. The second-order valence-corrected chi connectivity index (χ2v) is 5.50. The Morgan fingerprint density at radius 1 is 0.955 bits per heavy atom. The molecule has 0 bridgehead atoms. The van der Waals surface area contributed by atoms with E-state index in [-0.39, 0.29) is 11.1 Å². The van der Waals surface area contributed by atoms with Crippen LogP contribution in [0.15, 0.2) is 36.4 Å². The molecule has 0 fully saturated rings. The van der Waals surface area contributed by atoms with Crippen LogP contribution >= 0.6 is 0 Å². The van der Waals surface area contributed by atoms with Crippen LogP contribution in [0.4, 0.5) is 8.78 Å². The van der Waals surface area contributed by atoms with Crippen molar-refractivity contribution in [2.75, 3.05) is 0 Å². The molecule has 0 spiro atoms. The van der Waals surface area contributed by atoms with Gasteiger partial charge in [-0.2, -0.15) is 0 Å². The Morgan fingerprint density at radius 3 is 2.23 bits per heavy atom. The molecule has 0 unspecified atom stereocenters. The second kappa shape index (κ2) is 7.30. The van der Waals surface area contributed by atoms with Gasteiger partial charge in [0.05, 0.1) is 5.56 Å². The van der Waals surface area contributed by atoms with Crippen LogP contribution in [0.25, 0.3) is 11.1 Å². The molecule has 2 aromatic rings. The molecule has 2 aromatic carbocycles. The minimum atomic E-state index is -1.07.